The van der Waals surface area contributed by atoms with Gasteiger partial charge in [-0.3, -0.25) is 0 Å². The summed E-state index contributed by atoms with van der Waals surface area (Å²) in [6.07, 6.45) is 0. The molecule has 5 heteroatoms. The van der Waals surface area contributed by atoms with Gasteiger partial charge in [0, 0.05) is 76.4 Å². The molecule has 0 unspecified atom stereocenters. The Balaban J connectivity index is 0.929. The number of furan rings is 3. The van der Waals surface area contributed by atoms with Crippen LogP contribution < -0.4 is 0 Å². The van der Waals surface area contributed by atoms with Crippen LogP contribution >= 0.6 is 0 Å². The summed E-state index contributed by atoms with van der Waals surface area (Å²) >= 11 is 0. The van der Waals surface area contributed by atoms with Crippen molar-refractivity contribution in [1.82, 2.24) is 9.13 Å². The van der Waals surface area contributed by atoms with Crippen LogP contribution in [-0.4, -0.2) is 9.13 Å². The molecule has 0 saturated carbocycles. The topological polar surface area (TPSA) is 49.3 Å². The van der Waals surface area contributed by atoms with Crippen molar-refractivity contribution < 1.29 is 13.3 Å². The summed E-state index contributed by atoms with van der Waals surface area (Å²) in [7, 11) is 0. The van der Waals surface area contributed by atoms with Crippen LogP contribution in [0, 0.1) is 0 Å². The third-order valence-electron chi connectivity index (χ3n) is 13.8. The van der Waals surface area contributed by atoms with Crippen LogP contribution in [0.5, 0.6) is 0 Å². The van der Waals surface area contributed by atoms with Gasteiger partial charge in [0.05, 0.1) is 22.1 Å². The first-order valence-corrected chi connectivity index (χ1v) is 22.1. The molecule has 15 aromatic rings. The lowest BCUT2D eigenvalue weighted by atomic mass is 10.0. The normalized spacial score (nSPS) is 12.3. The first-order valence-electron chi connectivity index (χ1n) is 22.1. The minimum Gasteiger partial charge on any atom is -0.455 e. The molecule has 0 aliphatic heterocycles. The lowest BCUT2D eigenvalue weighted by Crippen LogP contribution is -1.94. The van der Waals surface area contributed by atoms with Gasteiger partial charge in [-0.15, -0.1) is 0 Å². The van der Waals surface area contributed by atoms with Gasteiger partial charge in [-0.25, -0.2) is 0 Å². The van der Waals surface area contributed by atoms with E-state index in [1.54, 1.807) is 0 Å². The fraction of sp³-hybridized carbons (Fsp3) is 0. The lowest BCUT2D eigenvalue weighted by molar-refractivity contribution is 0.669. The monoisotopic (exact) mass is 830 g/mol. The molecule has 0 aliphatic rings. The minimum absolute atomic E-state index is 0.864. The standard InChI is InChI=1S/C60H34N2O3/c1-5-19-51-41(11-1)45-31-33-49-50-34-32-46-42-12-2-6-20-52(42)62(38-29-25-36(26-30-38)40-16-10-18-48-44-14-4-8-22-54(44)64-58(40)48)56(46)60(50)65-59(49)55(45)61(51)37-27-23-35(24-28-37)39-15-9-17-47-43-13-3-7-21-53(43)63-57(39)47/h1-34H. The van der Waals surface area contributed by atoms with Crippen molar-refractivity contribution in [3.63, 3.8) is 0 Å². The highest BCUT2D eigenvalue weighted by atomic mass is 16.3. The Bertz CT molecular complexity index is 4170. The van der Waals surface area contributed by atoms with E-state index in [4.69, 9.17) is 13.3 Å². The molecule has 0 atom stereocenters. The average Bonchev–Trinajstić information content (AvgIpc) is 4.18. The Morgan fingerprint density at radius 1 is 0.246 bits per heavy atom. The Kier molecular flexibility index (Phi) is 6.89. The summed E-state index contributed by atoms with van der Waals surface area (Å²) in [4.78, 5) is 0. The number of hydrogen-bond donors (Lipinski definition) is 0. The third-order valence-corrected chi connectivity index (χ3v) is 13.8. The highest BCUT2D eigenvalue weighted by molar-refractivity contribution is 6.26. The summed E-state index contributed by atoms with van der Waals surface area (Å²) in [5, 5.41) is 11.3. The summed E-state index contributed by atoms with van der Waals surface area (Å²) in [5.41, 5.74) is 16.1. The Labute approximate surface area is 370 Å². The van der Waals surface area contributed by atoms with Gasteiger partial charge in [0.15, 0.2) is 11.2 Å². The van der Waals surface area contributed by atoms with Gasteiger partial charge >= 0.3 is 0 Å². The number of para-hydroxylation sites is 6. The summed E-state index contributed by atoms with van der Waals surface area (Å²) in [6.45, 7) is 0. The van der Waals surface area contributed by atoms with E-state index in [1.807, 2.05) is 24.3 Å². The second-order valence-electron chi connectivity index (χ2n) is 17.1. The number of fused-ring (bicyclic) bond motifs is 17. The van der Waals surface area contributed by atoms with Crippen LogP contribution in [0.2, 0.25) is 0 Å². The van der Waals surface area contributed by atoms with E-state index in [-0.39, 0.29) is 0 Å². The van der Waals surface area contributed by atoms with E-state index in [9.17, 15) is 0 Å². The van der Waals surface area contributed by atoms with Gasteiger partial charge in [0.25, 0.3) is 0 Å². The molecular formula is C60H34N2O3. The summed E-state index contributed by atoms with van der Waals surface area (Å²) in [6, 6.07) is 73.4. The third kappa shape index (κ3) is 4.76. The molecule has 302 valence electrons. The van der Waals surface area contributed by atoms with E-state index in [1.165, 1.54) is 10.8 Å². The average molecular weight is 831 g/mol. The lowest BCUT2D eigenvalue weighted by Gasteiger charge is -2.10. The molecule has 65 heavy (non-hydrogen) atoms. The van der Waals surface area contributed by atoms with Crippen LogP contribution in [0.1, 0.15) is 0 Å². The maximum atomic E-state index is 7.34. The first-order chi connectivity index (χ1) is 32.2. The minimum atomic E-state index is 0.864. The fourth-order valence-electron chi connectivity index (χ4n) is 10.9. The smallest absolute Gasteiger partial charge is 0.160 e. The molecule has 0 fully saturated rings. The van der Waals surface area contributed by atoms with Crippen LogP contribution in [0.3, 0.4) is 0 Å². The number of rotatable bonds is 4. The molecule has 15 rings (SSSR count). The number of hydrogen-bond acceptors (Lipinski definition) is 3. The molecule has 0 radical (unpaired) electrons. The molecular weight excluding hydrogens is 797 g/mol. The van der Waals surface area contributed by atoms with Crippen molar-refractivity contribution >= 4 is 109 Å². The highest BCUT2D eigenvalue weighted by Gasteiger charge is 2.23. The van der Waals surface area contributed by atoms with Gasteiger partial charge in [-0.2, -0.15) is 0 Å². The van der Waals surface area contributed by atoms with Crippen molar-refractivity contribution in [2.75, 3.05) is 0 Å². The number of benzene rings is 10. The second-order valence-corrected chi connectivity index (χ2v) is 17.1. The van der Waals surface area contributed by atoms with Gasteiger partial charge in [-0.05, 0) is 71.8 Å². The Morgan fingerprint density at radius 2 is 0.615 bits per heavy atom. The number of aromatic nitrogens is 2. The zero-order valence-electron chi connectivity index (χ0n) is 34.7. The molecule has 10 aromatic carbocycles. The van der Waals surface area contributed by atoms with E-state index in [2.05, 4.69) is 191 Å². The molecule has 0 saturated heterocycles. The van der Waals surface area contributed by atoms with Gasteiger partial charge < -0.3 is 22.4 Å². The van der Waals surface area contributed by atoms with Crippen molar-refractivity contribution in [1.29, 1.82) is 0 Å². The maximum absolute atomic E-state index is 7.34. The van der Waals surface area contributed by atoms with Crippen LogP contribution in [-0.2, 0) is 0 Å². The Morgan fingerprint density at radius 3 is 1.08 bits per heavy atom. The van der Waals surface area contributed by atoms with Crippen LogP contribution in [0.15, 0.2) is 220 Å². The predicted octanol–water partition coefficient (Wildman–Crippen LogP) is 16.9. The number of nitrogens with zero attached hydrogens (tertiary/aromatic N) is 2. The zero-order chi connectivity index (χ0) is 42.3. The quantitative estimate of drug-likeness (QED) is 0.177. The van der Waals surface area contributed by atoms with Crippen LogP contribution in [0.25, 0.3) is 143 Å². The van der Waals surface area contributed by atoms with Crippen LogP contribution in [0.4, 0.5) is 0 Å². The molecule has 5 aromatic heterocycles. The highest BCUT2D eigenvalue weighted by Crippen LogP contribution is 2.45. The molecule has 0 bridgehead atoms. The van der Waals surface area contributed by atoms with E-state index in [0.717, 1.165) is 132 Å². The Hall–Kier alpha value is -8.80. The zero-order valence-corrected chi connectivity index (χ0v) is 34.7. The summed E-state index contributed by atoms with van der Waals surface area (Å²) in [5.74, 6) is 0. The van der Waals surface area contributed by atoms with Gasteiger partial charge in [0.2, 0.25) is 0 Å². The molecule has 0 spiro atoms. The molecule has 0 aliphatic carbocycles. The molecule has 0 amide bonds. The van der Waals surface area contributed by atoms with Crippen molar-refractivity contribution in [3.8, 4) is 33.6 Å². The molecule has 5 heterocycles. The van der Waals surface area contributed by atoms with Crippen molar-refractivity contribution in [2.45, 2.75) is 0 Å². The van der Waals surface area contributed by atoms with Gasteiger partial charge in [0.1, 0.15) is 22.3 Å². The first kappa shape index (κ1) is 34.7. The summed E-state index contributed by atoms with van der Waals surface area (Å²) < 4.78 is 25.0. The van der Waals surface area contributed by atoms with E-state index >= 15 is 0 Å². The van der Waals surface area contributed by atoms with Gasteiger partial charge in [-0.1, -0.05) is 146 Å². The largest absolute Gasteiger partial charge is 0.455 e. The second kappa shape index (κ2) is 12.9. The predicted molar refractivity (Wildman–Crippen MR) is 268 cm³/mol. The van der Waals surface area contributed by atoms with Crippen molar-refractivity contribution in [2.24, 2.45) is 0 Å². The van der Waals surface area contributed by atoms with E-state index < -0.39 is 0 Å². The molecule has 5 nitrogen and oxygen atoms in total. The molecule has 0 N–H and O–H groups in total. The maximum Gasteiger partial charge on any atom is 0.160 e. The fourth-order valence-corrected chi connectivity index (χ4v) is 10.9. The van der Waals surface area contributed by atoms with E-state index in [0.29, 0.717) is 0 Å². The van der Waals surface area contributed by atoms with Crippen molar-refractivity contribution in [3.05, 3.63) is 206 Å². The SMILES string of the molecule is c1ccc2c(c1)oc1c(-c3ccc(-n4c5ccccc5c5ccc6c7ccc8c9ccccc9n(-c9ccc(-c%10cccc%11c%10oc%10ccccc%10%11)cc9)c8c7oc6c54)cc3)cccc12.